The van der Waals surface area contributed by atoms with E-state index < -0.39 is 0 Å². The van der Waals surface area contributed by atoms with E-state index in [1.165, 1.54) is 37.0 Å². The van der Waals surface area contributed by atoms with Gasteiger partial charge in [0.15, 0.2) is 0 Å². The summed E-state index contributed by atoms with van der Waals surface area (Å²) in [6.07, 6.45) is 6.71. The Kier molecular flexibility index (Phi) is 6.06. The van der Waals surface area contributed by atoms with Gasteiger partial charge in [0.2, 0.25) is 0 Å². The van der Waals surface area contributed by atoms with Crippen molar-refractivity contribution in [3.05, 3.63) is 29.3 Å². The molecule has 0 bridgehead atoms. The summed E-state index contributed by atoms with van der Waals surface area (Å²) in [5.41, 5.74) is 6.40. The van der Waals surface area contributed by atoms with Gasteiger partial charge in [0.1, 0.15) is 0 Å². The van der Waals surface area contributed by atoms with E-state index in [1.54, 1.807) is 0 Å². The Morgan fingerprint density at radius 3 is 3.00 bits per heavy atom. The van der Waals surface area contributed by atoms with Crippen LogP contribution in [0, 0.1) is 11.8 Å². The molecule has 3 heteroatoms. The number of nitrogens with two attached hydrogens (primary N) is 1. The number of benzene rings is 1. The second-order valence-electron chi connectivity index (χ2n) is 5.63. The molecule has 1 aliphatic carbocycles. The maximum atomic E-state index is 6.40. The van der Waals surface area contributed by atoms with Gasteiger partial charge in [-0.15, -0.1) is 11.8 Å². The van der Waals surface area contributed by atoms with Gasteiger partial charge in [-0.05, 0) is 42.9 Å². The molecule has 1 aliphatic rings. The van der Waals surface area contributed by atoms with Gasteiger partial charge in [0, 0.05) is 21.7 Å². The van der Waals surface area contributed by atoms with Crippen molar-refractivity contribution in [3.63, 3.8) is 0 Å². The van der Waals surface area contributed by atoms with Crippen LogP contribution in [0.1, 0.15) is 39.0 Å². The van der Waals surface area contributed by atoms with E-state index in [1.807, 2.05) is 30.0 Å². The number of rotatable bonds is 5. The van der Waals surface area contributed by atoms with Crippen molar-refractivity contribution in [2.75, 3.05) is 5.75 Å². The minimum atomic E-state index is 0.318. The van der Waals surface area contributed by atoms with Crippen LogP contribution in [0.4, 0.5) is 0 Å². The van der Waals surface area contributed by atoms with Gasteiger partial charge in [0.05, 0.1) is 0 Å². The standard InChI is InChI=1S/C16H24ClNS/c1-2-12-5-3-6-13(9-12)16(18)11-19-15-8-4-7-14(17)10-15/h4,7-8,10,12-13,16H,2-3,5-6,9,11,18H2,1H3. The maximum Gasteiger partial charge on any atom is 0.0417 e. The van der Waals surface area contributed by atoms with Crippen LogP contribution >= 0.6 is 23.4 Å². The Hall–Kier alpha value is -0.180. The van der Waals surface area contributed by atoms with Crippen LogP contribution in [0.3, 0.4) is 0 Å². The number of thioether (sulfide) groups is 1. The van der Waals surface area contributed by atoms with Crippen molar-refractivity contribution in [2.45, 2.75) is 50.0 Å². The van der Waals surface area contributed by atoms with Crippen molar-refractivity contribution >= 4 is 23.4 Å². The molecule has 3 unspecified atom stereocenters. The van der Waals surface area contributed by atoms with Crippen LogP contribution in [0.5, 0.6) is 0 Å². The Balaban J connectivity index is 1.82. The van der Waals surface area contributed by atoms with Crippen LogP contribution < -0.4 is 5.73 Å². The third-order valence-electron chi connectivity index (χ3n) is 4.24. The average molecular weight is 298 g/mol. The number of hydrogen-bond donors (Lipinski definition) is 1. The summed E-state index contributed by atoms with van der Waals surface area (Å²) in [7, 11) is 0. The Morgan fingerprint density at radius 1 is 1.42 bits per heavy atom. The third-order valence-corrected chi connectivity index (χ3v) is 5.62. The highest BCUT2D eigenvalue weighted by Crippen LogP contribution is 2.34. The first-order chi connectivity index (χ1) is 9.19. The predicted molar refractivity (Wildman–Crippen MR) is 85.9 cm³/mol. The Labute approximate surface area is 126 Å². The molecule has 1 aromatic rings. The predicted octanol–water partition coefficient (Wildman–Crippen LogP) is 4.98. The molecule has 19 heavy (non-hydrogen) atoms. The normalized spacial score (nSPS) is 25.2. The second kappa shape index (κ2) is 7.56. The van der Waals surface area contributed by atoms with Crippen LogP contribution in [-0.4, -0.2) is 11.8 Å². The Morgan fingerprint density at radius 2 is 2.26 bits per heavy atom. The van der Waals surface area contributed by atoms with E-state index in [0.717, 1.165) is 16.7 Å². The van der Waals surface area contributed by atoms with Crippen LogP contribution in [0.25, 0.3) is 0 Å². The SMILES string of the molecule is CCC1CCCC(C(N)CSc2cccc(Cl)c2)C1. The van der Waals surface area contributed by atoms with Gasteiger partial charge in [0.25, 0.3) is 0 Å². The molecule has 1 aromatic carbocycles. The zero-order valence-corrected chi connectivity index (χ0v) is 13.2. The molecule has 3 atom stereocenters. The first-order valence-electron chi connectivity index (χ1n) is 7.33. The maximum absolute atomic E-state index is 6.40. The molecule has 0 spiro atoms. The first kappa shape index (κ1) is 15.2. The van der Waals surface area contributed by atoms with Gasteiger partial charge in [-0.25, -0.2) is 0 Å². The molecular formula is C16H24ClNS. The fourth-order valence-corrected chi connectivity index (χ4v) is 4.27. The topological polar surface area (TPSA) is 26.0 Å². The molecular weight excluding hydrogens is 274 g/mol. The minimum absolute atomic E-state index is 0.318. The fourth-order valence-electron chi connectivity index (χ4n) is 2.98. The highest BCUT2D eigenvalue weighted by Gasteiger charge is 2.25. The van der Waals surface area contributed by atoms with Crippen LogP contribution in [-0.2, 0) is 0 Å². The highest BCUT2D eigenvalue weighted by molar-refractivity contribution is 7.99. The van der Waals surface area contributed by atoms with Crippen LogP contribution in [0.2, 0.25) is 5.02 Å². The highest BCUT2D eigenvalue weighted by atomic mass is 35.5. The zero-order valence-electron chi connectivity index (χ0n) is 11.6. The van der Waals surface area contributed by atoms with Crippen LogP contribution in [0.15, 0.2) is 29.2 Å². The molecule has 106 valence electrons. The lowest BCUT2D eigenvalue weighted by Crippen LogP contribution is -2.35. The van der Waals surface area contributed by atoms with Crippen molar-refractivity contribution in [1.29, 1.82) is 0 Å². The molecule has 1 nitrogen and oxygen atoms in total. The second-order valence-corrected chi connectivity index (χ2v) is 7.16. The lowest BCUT2D eigenvalue weighted by atomic mass is 9.77. The summed E-state index contributed by atoms with van der Waals surface area (Å²) >= 11 is 7.84. The van der Waals surface area contributed by atoms with Gasteiger partial charge >= 0.3 is 0 Å². The molecule has 0 aliphatic heterocycles. The summed E-state index contributed by atoms with van der Waals surface area (Å²) in [6.45, 7) is 2.30. The molecule has 0 amide bonds. The Bertz CT molecular complexity index is 396. The zero-order chi connectivity index (χ0) is 13.7. The molecule has 0 aromatic heterocycles. The quantitative estimate of drug-likeness (QED) is 0.776. The lowest BCUT2D eigenvalue weighted by Gasteiger charge is -2.32. The van der Waals surface area contributed by atoms with E-state index in [4.69, 9.17) is 17.3 Å². The molecule has 0 radical (unpaired) electrons. The van der Waals surface area contributed by atoms with Crippen molar-refractivity contribution in [1.82, 2.24) is 0 Å². The van der Waals surface area contributed by atoms with E-state index in [9.17, 15) is 0 Å². The van der Waals surface area contributed by atoms with Crippen molar-refractivity contribution in [2.24, 2.45) is 17.6 Å². The molecule has 1 saturated carbocycles. The smallest absolute Gasteiger partial charge is 0.0417 e. The molecule has 2 N–H and O–H groups in total. The molecule has 2 rings (SSSR count). The van der Waals surface area contributed by atoms with Gasteiger partial charge in [-0.1, -0.05) is 43.9 Å². The van der Waals surface area contributed by atoms with E-state index in [0.29, 0.717) is 12.0 Å². The van der Waals surface area contributed by atoms with Crippen molar-refractivity contribution in [3.8, 4) is 0 Å². The van der Waals surface area contributed by atoms with E-state index >= 15 is 0 Å². The number of hydrogen-bond acceptors (Lipinski definition) is 2. The fraction of sp³-hybridized carbons (Fsp3) is 0.625. The monoisotopic (exact) mass is 297 g/mol. The minimum Gasteiger partial charge on any atom is -0.327 e. The lowest BCUT2D eigenvalue weighted by molar-refractivity contribution is 0.238. The van der Waals surface area contributed by atoms with E-state index in [-0.39, 0.29) is 0 Å². The summed E-state index contributed by atoms with van der Waals surface area (Å²) in [6, 6.07) is 8.37. The third kappa shape index (κ3) is 4.70. The summed E-state index contributed by atoms with van der Waals surface area (Å²) in [5, 5.41) is 0.808. The van der Waals surface area contributed by atoms with Gasteiger partial charge < -0.3 is 5.73 Å². The summed E-state index contributed by atoms with van der Waals surface area (Å²) < 4.78 is 0. The molecule has 0 saturated heterocycles. The first-order valence-corrected chi connectivity index (χ1v) is 8.69. The van der Waals surface area contributed by atoms with Gasteiger partial charge in [-0.3, -0.25) is 0 Å². The largest absolute Gasteiger partial charge is 0.327 e. The molecule has 1 fully saturated rings. The summed E-state index contributed by atoms with van der Waals surface area (Å²) in [4.78, 5) is 1.23. The number of halogens is 1. The van der Waals surface area contributed by atoms with Crippen molar-refractivity contribution < 1.29 is 0 Å². The molecule has 0 heterocycles. The summed E-state index contributed by atoms with van der Waals surface area (Å²) in [5.74, 6) is 2.62. The van der Waals surface area contributed by atoms with E-state index in [2.05, 4.69) is 13.0 Å². The average Bonchev–Trinajstić information content (AvgIpc) is 2.45. The van der Waals surface area contributed by atoms with Gasteiger partial charge in [-0.2, -0.15) is 0 Å².